The van der Waals surface area contributed by atoms with E-state index in [-0.39, 0.29) is 9.76 Å². The largest absolute Gasteiger partial charge is 0.425 e. The summed E-state index contributed by atoms with van der Waals surface area (Å²) in [5, 5.41) is 0. The smallest absolute Gasteiger partial charge is 0.182 e. The van der Waals surface area contributed by atoms with Crippen LogP contribution in [0.4, 0.5) is 0 Å². The molecule has 1 rings (SSSR count). The van der Waals surface area contributed by atoms with E-state index in [0.717, 1.165) is 6.17 Å². The van der Waals surface area contributed by atoms with E-state index in [2.05, 4.69) is 4.99 Å². The van der Waals surface area contributed by atoms with Crippen molar-refractivity contribution in [1.29, 1.82) is 0 Å². The van der Waals surface area contributed by atoms with Crippen LogP contribution in [-0.2, 0) is 4.43 Å². The highest BCUT2D eigenvalue weighted by Gasteiger charge is 2.06. The fourth-order valence-corrected chi connectivity index (χ4v) is 1.83. The lowest BCUT2D eigenvalue weighted by molar-refractivity contribution is 0.442. The van der Waals surface area contributed by atoms with E-state index in [4.69, 9.17) is 4.43 Å². The quantitative estimate of drug-likeness (QED) is 0.436. The molecule has 0 aliphatic heterocycles. The average molecular weight is 157 g/mol. The lowest BCUT2D eigenvalue weighted by Gasteiger charge is -1.94. The summed E-state index contributed by atoms with van der Waals surface area (Å²) in [6.07, 6.45) is 6.20. The highest BCUT2D eigenvalue weighted by molar-refractivity contribution is 6.27. The highest BCUT2D eigenvalue weighted by atomic mass is 28.2. The van der Waals surface area contributed by atoms with E-state index in [9.17, 15) is 0 Å². The summed E-state index contributed by atoms with van der Waals surface area (Å²) < 4.78 is 5.03. The van der Waals surface area contributed by atoms with E-state index in [1.165, 1.54) is 31.4 Å². The van der Waals surface area contributed by atoms with Crippen molar-refractivity contribution < 1.29 is 4.43 Å². The normalized spacial score (nSPS) is 19.1. The van der Waals surface area contributed by atoms with Crippen molar-refractivity contribution in [2.75, 3.05) is 13.3 Å². The van der Waals surface area contributed by atoms with Crippen LogP contribution < -0.4 is 0 Å². The Morgan fingerprint density at radius 2 is 2.20 bits per heavy atom. The van der Waals surface area contributed by atoms with Gasteiger partial charge in [0.25, 0.3) is 0 Å². The van der Waals surface area contributed by atoms with Crippen molar-refractivity contribution in [3.63, 3.8) is 0 Å². The maximum atomic E-state index is 5.03. The second kappa shape index (κ2) is 4.63. The Labute approximate surface area is 64.6 Å². The van der Waals surface area contributed by atoms with Crippen molar-refractivity contribution in [1.82, 2.24) is 0 Å². The lowest BCUT2D eigenvalue weighted by Crippen LogP contribution is -2.01. The van der Waals surface area contributed by atoms with Gasteiger partial charge in [0, 0.05) is 12.8 Å². The van der Waals surface area contributed by atoms with Gasteiger partial charge in [-0.15, -0.1) is 0 Å². The summed E-state index contributed by atoms with van der Waals surface area (Å²) in [5.41, 5.74) is 1.43. The summed E-state index contributed by atoms with van der Waals surface area (Å²) in [4.78, 5) is 4.47. The molecule has 2 nitrogen and oxygen atoms in total. The van der Waals surface area contributed by atoms with Gasteiger partial charge < -0.3 is 4.43 Å². The van der Waals surface area contributed by atoms with Crippen molar-refractivity contribution >= 4 is 15.5 Å². The third-order valence-corrected chi connectivity index (χ3v) is 2.63. The Morgan fingerprint density at radius 3 is 2.80 bits per heavy atom. The first-order chi connectivity index (χ1) is 4.93. The van der Waals surface area contributed by atoms with Gasteiger partial charge in [-0.05, 0) is 25.7 Å². The van der Waals surface area contributed by atoms with E-state index >= 15 is 0 Å². The second-order valence-electron chi connectivity index (χ2n) is 2.65. The van der Waals surface area contributed by atoms with Crippen molar-refractivity contribution in [3.8, 4) is 0 Å². The predicted octanol–water partition coefficient (Wildman–Crippen LogP) is 0.689. The van der Waals surface area contributed by atoms with Gasteiger partial charge in [0.2, 0.25) is 0 Å². The molecule has 0 bridgehead atoms. The fourth-order valence-electron chi connectivity index (χ4n) is 1.24. The van der Waals surface area contributed by atoms with Gasteiger partial charge in [0.1, 0.15) is 0 Å². The molecular weight excluding hydrogens is 142 g/mol. The molecule has 0 saturated heterocycles. The maximum absolute atomic E-state index is 5.03. The Balaban J connectivity index is 2.12. The first kappa shape index (κ1) is 7.95. The average Bonchev–Trinajstić information content (AvgIpc) is 2.41. The SMILES string of the molecule is CO[SiH2]CN=C1CCCC1. The van der Waals surface area contributed by atoms with E-state index in [1.807, 2.05) is 0 Å². The highest BCUT2D eigenvalue weighted by Crippen LogP contribution is 2.14. The van der Waals surface area contributed by atoms with Crippen LogP contribution in [0.2, 0.25) is 0 Å². The van der Waals surface area contributed by atoms with Gasteiger partial charge in [-0.1, -0.05) is 0 Å². The Hall–Kier alpha value is -0.153. The van der Waals surface area contributed by atoms with E-state index in [1.54, 1.807) is 7.11 Å². The third kappa shape index (κ3) is 2.62. The monoisotopic (exact) mass is 157 g/mol. The molecule has 1 fully saturated rings. The van der Waals surface area contributed by atoms with E-state index < -0.39 is 0 Å². The zero-order chi connectivity index (χ0) is 7.23. The van der Waals surface area contributed by atoms with Gasteiger partial charge in [0.05, 0.1) is 6.17 Å². The number of hydrogen-bond acceptors (Lipinski definition) is 2. The van der Waals surface area contributed by atoms with Crippen LogP contribution in [0.1, 0.15) is 25.7 Å². The molecule has 0 radical (unpaired) electrons. The molecule has 1 aliphatic rings. The molecule has 0 spiro atoms. The standard InChI is InChI=1S/C7H15NOSi/c1-9-10-6-8-7-4-2-3-5-7/h2-6,10H2,1H3. The molecule has 10 heavy (non-hydrogen) atoms. The van der Waals surface area contributed by atoms with Crippen LogP contribution in [0.25, 0.3) is 0 Å². The maximum Gasteiger partial charge on any atom is 0.182 e. The van der Waals surface area contributed by atoms with Crippen LogP contribution >= 0.6 is 0 Å². The summed E-state index contributed by atoms with van der Waals surface area (Å²) in [6, 6.07) is 0. The summed E-state index contributed by atoms with van der Waals surface area (Å²) in [5.74, 6) is 0. The van der Waals surface area contributed by atoms with Crippen molar-refractivity contribution in [3.05, 3.63) is 0 Å². The molecule has 0 heterocycles. The topological polar surface area (TPSA) is 21.6 Å². The molecule has 3 heteroatoms. The van der Waals surface area contributed by atoms with Crippen LogP contribution in [-0.4, -0.2) is 28.8 Å². The van der Waals surface area contributed by atoms with Gasteiger partial charge >= 0.3 is 0 Å². The minimum Gasteiger partial charge on any atom is -0.425 e. The molecule has 0 unspecified atom stereocenters. The summed E-state index contributed by atoms with van der Waals surface area (Å²) in [6.45, 7) is 0. The molecule has 0 aromatic heterocycles. The van der Waals surface area contributed by atoms with Crippen molar-refractivity contribution in [2.45, 2.75) is 25.7 Å². The molecule has 0 aromatic rings. The zero-order valence-corrected chi connectivity index (χ0v) is 8.01. The molecule has 0 amide bonds. The third-order valence-electron chi connectivity index (χ3n) is 1.81. The second-order valence-corrected chi connectivity index (χ2v) is 4.08. The fraction of sp³-hybridized carbons (Fsp3) is 0.857. The predicted molar refractivity (Wildman–Crippen MR) is 46.3 cm³/mol. The summed E-state index contributed by atoms with van der Waals surface area (Å²) >= 11 is 0. The first-order valence-corrected chi connectivity index (χ1v) is 5.52. The van der Waals surface area contributed by atoms with Gasteiger partial charge in [0.15, 0.2) is 9.76 Å². The van der Waals surface area contributed by atoms with Gasteiger partial charge in [-0.25, -0.2) is 0 Å². The number of aliphatic imine (C=N–C) groups is 1. The molecule has 0 aromatic carbocycles. The number of hydrogen-bond donors (Lipinski definition) is 0. The Morgan fingerprint density at radius 1 is 1.50 bits per heavy atom. The van der Waals surface area contributed by atoms with Crippen LogP contribution in [0.3, 0.4) is 0 Å². The molecule has 0 atom stereocenters. The Kier molecular flexibility index (Phi) is 3.68. The van der Waals surface area contributed by atoms with Crippen LogP contribution in [0, 0.1) is 0 Å². The van der Waals surface area contributed by atoms with Gasteiger partial charge in [-0.2, -0.15) is 0 Å². The number of nitrogens with zero attached hydrogens (tertiary/aromatic N) is 1. The molecular formula is C7H15NOSi. The molecule has 58 valence electrons. The van der Waals surface area contributed by atoms with Crippen LogP contribution in [0.15, 0.2) is 4.99 Å². The minimum atomic E-state index is -0.299. The van der Waals surface area contributed by atoms with Crippen LogP contribution in [0.5, 0.6) is 0 Å². The van der Waals surface area contributed by atoms with E-state index in [0.29, 0.717) is 0 Å². The number of rotatable bonds is 3. The lowest BCUT2D eigenvalue weighted by atomic mass is 10.3. The van der Waals surface area contributed by atoms with Gasteiger partial charge in [-0.3, -0.25) is 4.99 Å². The summed E-state index contributed by atoms with van der Waals surface area (Å²) in [7, 11) is 1.48. The molecule has 1 aliphatic carbocycles. The van der Waals surface area contributed by atoms with Crippen molar-refractivity contribution in [2.24, 2.45) is 4.99 Å². The zero-order valence-electron chi connectivity index (χ0n) is 6.60. The minimum absolute atomic E-state index is 0.299. The first-order valence-electron chi connectivity index (χ1n) is 3.94. The Bertz CT molecular complexity index is 117. The molecule has 0 N–H and O–H groups in total. The molecule has 1 saturated carbocycles.